The molecule has 0 atom stereocenters. The number of aromatic nitrogens is 5. The Labute approximate surface area is 110 Å². The number of nitrogens with zero attached hydrogens (tertiary/aromatic N) is 5. The molecule has 3 heterocycles. The second-order valence-electron chi connectivity index (χ2n) is 4.40. The Kier molecular flexibility index (Phi) is 2.59. The summed E-state index contributed by atoms with van der Waals surface area (Å²) in [6.45, 7) is 2.54. The molecule has 3 aromatic rings. The van der Waals surface area contributed by atoms with Gasteiger partial charge in [-0.3, -0.25) is 4.68 Å². The standard InChI is InChI=1S/C12H15N7/c1-8-4-3-5-10-16-12(17-19(8)10)14-6-9-7-15-18(2)11(9)13/h3-5,7H,6,13H2,1-2H3,(H,14,17). The van der Waals surface area contributed by atoms with E-state index in [1.807, 2.05) is 32.2 Å². The van der Waals surface area contributed by atoms with Crippen molar-refractivity contribution in [2.75, 3.05) is 11.1 Å². The van der Waals surface area contributed by atoms with Gasteiger partial charge in [0.15, 0.2) is 5.65 Å². The van der Waals surface area contributed by atoms with E-state index < -0.39 is 0 Å². The fraction of sp³-hybridized carbons (Fsp3) is 0.250. The van der Waals surface area contributed by atoms with Crippen LogP contribution in [0.3, 0.4) is 0 Å². The van der Waals surface area contributed by atoms with Gasteiger partial charge in [0.25, 0.3) is 0 Å². The van der Waals surface area contributed by atoms with E-state index in [1.165, 1.54) is 0 Å². The molecule has 3 rings (SSSR count). The molecule has 7 nitrogen and oxygen atoms in total. The average molecular weight is 257 g/mol. The first-order valence-corrected chi connectivity index (χ1v) is 5.98. The van der Waals surface area contributed by atoms with Gasteiger partial charge in [-0.25, -0.2) is 4.52 Å². The van der Waals surface area contributed by atoms with Crippen LogP contribution in [-0.2, 0) is 13.6 Å². The van der Waals surface area contributed by atoms with Crippen molar-refractivity contribution in [1.29, 1.82) is 0 Å². The Morgan fingerprint density at radius 3 is 2.89 bits per heavy atom. The van der Waals surface area contributed by atoms with Gasteiger partial charge < -0.3 is 11.1 Å². The molecule has 0 radical (unpaired) electrons. The van der Waals surface area contributed by atoms with E-state index >= 15 is 0 Å². The van der Waals surface area contributed by atoms with Crippen LogP contribution >= 0.6 is 0 Å². The molecule has 3 aromatic heterocycles. The Bertz CT molecular complexity index is 725. The van der Waals surface area contributed by atoms with Crippen molar-refractivity contribution >= 4 is 17.4 Å². The Hall–Kier alpha value is -2.57. The molecule has 98 valence electrons. The van der Waals surface area contributed by atoms with E-state index in [0.717, 1.165) is 16.9 Å². The molecular weight excluding hydrogens is 242 g/mol. The minimum atomic E-state index is 0.551. The topological polar surface area (TPSA) is 86.1 Å². The van der Waals surface area contributed by atoms with E-state index in [4.69, 9.17) is 5.73 Å². The fourth-order valence-electron chi connectivity index (χ4n) is 1.91. The van der Waals surface area contributed by atoms with Gasteiger partial charge in [-0.05, 0) is 19.1 Å². The number of nitrogens with one attached hydrogen (secondary N) is 1. The van der Waals surface area contributed by atoms with Gasteiger partial charge in [-0.15, -0.1) is 5.10 Å². The van der Waals surface area contributed by atoms with Crippen molar-refractivity contribution in [2.45, 2.75) is 13.5 Å². The number of anilines is 2. The Morgan fingerprint density at radius 1 is 1.37 bits per heavy atom. The summed E-state index contributed by atoms with van der Waals surface area (Å²) in [5, 5.41) is 11.6. The lowest BCUT2D eigenvalue weighted by atomic mass is 10.3. The first kappa shape index (κ1) is 11.5. The van der Waals surface area contributed by atoms with Crippen molar-refractivity contribution in [3.8, 4) is 0 Å². The highest BCUT2D eigenvalue weighted by atomic mass is 15.4. The van der Waals surface area contributed by atoms with Crippen molar-refractivity contribution in [3.63, 3.8) is 0 Å². The number of pyridine rings is 1. The maximum Gasteiger partial charge on any atom is 0.243 e. The van der Waals surface area contributed by atoms with Crippen molar-refractivity contribution in [1.82, 2.24) is 24.4 Å². The second-order valence-corrected chi connectivity index (χ2v) is 4.40. The SMILES string of the molecule is Cc1cccc2nc(NCc3cnn(C)c3N)nn12. The van der Waals surface area contributed by atoms with Gasteiger partial charge in [0.2, 0.25) is 5.95 Å². The molecule has 19 heavy (non-hydrogen) atoms. The van der Waals surface area contributed by atoms with Gasteiger partial charge in [0.1, 0.15) is 5.82 Å². The molecule has 0 unspecified atom stereocenters. The third-order valence-electron chi connectivity index (χ3n) is 3.05. The zero-order valence-electron chi connectivity index (χ0n) is 10.8. The smallest absolute Gasteiger partial charge is 0.243 e. The highest BCUT2D eigenvalue weighted by Gasteiger charge is 2.07. The van der Waals surface area contributed by atoms with Crippen LogP contribution < -0.4 is 11.1 Å². The normalized spacial score (nSPS) is 11.1. The minimum Gasteiger partial charge on any atom is -0.384 e. The zero-order valence-corrected chi connectivity index (χ0v) is 10.8. The van der Waals surface area contributed by atoms with Crippen LogP contribution in [0.15, 0.2) is 24.4 Å². The second kappa shape index (κ2) is 4.27. The molecule has 3 N–H and O–H groups in total. The van der Waals surface area contributed by atoms with E-state index in [1.54, 1.807) is 15.4 Å². The summed E-state index contributed by atoms with van der Waals surface area (Å²) in [5.74, 6) is 1.23. The molecule has 0 aliphatic heterocycles. The number of rotatable bonds is 3. The van der Waals surface area contributed by atoms with Crippen molar-refractivity contribution < 1.29 is 0 Å². The highest BCUT2D eigenvalue weighted by Crippen LogP contribution is 2.12. The van der Waals surface area contributed by atoms with E-state index in [9.17, 15) is 0 Å². The van der Waals surface area contributed by atoms with E-state index in [2.05, 4.69) is 20.5 Å². The third-order valence-corrected chi connectivity index (χ3v) is 3.05. The molecule has 0 spiro atoms. The quantitative estimate of drug-likeness (QED) is 0.730. The van der Waals surface area contributed by atoms with Crippen LogP contribution in [-0.4, -0.2) is 24.4 Å². The summed E-state index contributed by atoms with van der Waals surface area (Å²) in [6.07, 6.45) is 1.74. The summed E-state index contributed by atoms with van der Waals surface area (Å²) < 4.78 is 3.44. The van der Waals surface area contributed by atoms with Crippen LogP contribution in [0.1, 0.15) is 11.3 Å². The molecule has 0 saturated heterocycles. The summed E-state index contributed by atoms with van der Waals surface area (Å²) in [5.41, 5.74) is 8.67. The van der Waals surface area contributed by atoms with Crippen LogP contribution in [0.5, 0.6) is 0 Å². The van der Waals surface area contributed by atoms with Gasteiger partial charge in [0, 0.05) is 24.8 Å². The molecule has 0 bridgehead atoms. The lowest BCUT2D eigenvalue weighted by Gasteiger charge is -2.00. The predicted molar refractivity (Wildman–Crippen MR) is 72.7 cm³/mol. The Balaban J connectivity index is 1.82. The molecule has 0 fully saturated rings. The zero-order chi connectivity index (χ0) is 13.4. The van der Waals surface area contributed by atoms with Crippen LogP contribution in [0.25, 0.3) is 5.65 Å². The summed E-state index contributed by atoms with van der Waals surface area (Å²) in [7, 11) is 1.81. The largest absolute Gasteiger partial charge is 0.384 e. The summed E-state index contributed by atoms with van der Waals surface area (Å²) >= 11 is 0. The molecule has 0 saturated carbocycles. The first-order chi connectivity index (χ1) is 9.15. The van der Waals surface area contributed by atoms with Crippen LogP contribution in [0.4, 0.5) is 11.8 Å². The number of nitrogens with two attached hydrogens (primary N) is 1. The highest BCUT2D eigenvalue weighted by molar-refractivity contribution is 5.46. The maximum absolute atomic E-state index is 5.88. The number of hydrogen-bond acceptors (Lipinski definition) is 5. The van der Waals surface area contributed by atoms with Gasteiger partial charge >= 0.3 is 0 Å². The molecule has 0 amide bonds. The van der Waals surface area contributed by atoms with Gasteiger partial charge in [-0.1, -0.05) is 6.07 Å². The lowest BCUT2D eigenvalue weighted by molar-refractivity contribution is 0.778. The predicted octanol–water partition coefficient (Wildman–Crippen LogP) is 0.966. The van der Waals surface area contributed by atoms with Crippen LogP contribution in [0, 0.1) is 6.92 Å². The number of nitrogen functional groups attached to an aromatic ring is 1. The van der Waals surface area contributed by atoms with E-state index in [0.29, 0.717) is 18.3 Å². The molecule has 7 heteroatoms. The summed E-state index contributed by atoms with van der Waals surface area (Å²) in [6, 6.07) is 5.87. The molecule has 0 aromatic carbocycles. The minimum absolute atomic E-state index is 0.551. The molecular formula is C12H15N7. The number of hydrogen-bond donors (Lipinski definition) is 2. The number of fused-ring (bicyclic) bond motifs is 1. The molecule has 0 aliphatic carbocycles. The molecule has 0 aliphatic rings. The summed E-state index contributed by atoms with van der Waals surface area (Å²) in [4.78, 5) is 4.40. The monoisotopic (exact) mass is 257 g/mol. The fourth-order valence-corrected chi connectivity index (χ4v) is 1.91. The van der Waals surface area contributed by atoms with Gasteiger partial charge in [0.05, 0.1) is 6.20 Å². The van der Waals surface area contributed by atoms with Gasteiger partial charge in [-0.2, -0.15) is 10.1 Å². The van der Waals surface area contributed by atoms with E-state index in [-0.39, 0.29) is 0 Å². The maximum atomic E-state index is 5.88. The lowest BCUT2D eigenvalue weighted by Crippen LogP contribution is -2.05. The van der Waals surface area contributed by atoms with Crippen molar-refractivity contribution in [3.05, 3.63) is 35.7 Å². The number of aryl methyl sites for hydroxylation is 2. The Morgan fingerprint density at radius 2 is 2.21 bits per heavy atom. The third kappa shape index (κ3) is 1.99. The van der Waals surface area contributed by atoms with Crippen molar-refractivity contribution in [2.24, 2.45) is 7.05 Å². The first-order valence-electron chi connectivity index (χ1n) is 5.98. The van der Waals surface area contributed by atoms with Crippen LogP contribution in [0.2, 0.25) is 0 Å². The average Bonchev–Trinajstić information content (AvgIpc) is 2.94.